The zero-order valence-electron chi connectivity index (χ0n) is 8.44. The Morgan fingerprint density at radius 2 is 1.55 bits per heavy atom. The monoisotopic (exact) mass is 152 g/mol. The summed E-state index contributed by atoms with van der Waals surface area (Å²) in [6.45, 7) is 11.0. The lowest BCUT2D eigenvalue weighted by molar-refractivity contribution is 0.518. The molecule has 0 aliphatic rings. The van der Waals surface area contributed by atoms with Crippen LogP contribution in [0.1, 0.15) is 41.0 Å². The molecule has 11 heavy (non-hydrogen) atoms. The zero-order chi connectivity index (χ0) is 8.85. The first-order valence-corrected chi connectivity index (χ1v) is 4.59. The second-order valence-corrected chi connectivity index (χ2v) is 3.63. The number of rotatable bonds is 2. The van der Waals surface area contributed by atoms with Crippen LogP contribution in [0.3, 0.4) is 0 Å². The number of hydrogen-bond acceptors (Lipinski definition) is 0. The van der Waals surface area contributed by atoms with E-state index < -0.39 is 0 Å². The lowest BCUT2D eigenvalue weighted by Gasteiger charge is -2.07. The summed E-state index contributed by atoms with van der Waals surface area (Å²) >= 11 is 0. The van der Waals surface area contributed by atoms with E-state index in [1.807, 2.05) is 0 Å². The maximum atomic E-state index is 3.28. The molecule has 0 aromatic carbocycles. The van der Waals surface area contributed by atoms with Gasteiger partial charge in [0, 0.05) is 11.8 Å². The van der Waals surface area contributed by atoms with Crippen molar-refractivity contribution < 1.29 is 0 Å². The molecule has 0 nitrogen and oxygen atoms in total. The van der Waals surface area contributed by atoms with Crippen molar-refractivity contribution in [2.45, 2.75) is 41.0 Å². The first-order valence-electron chi connectivity index (χ1n) is 4.59. The Morgan fingerprint density at radius 3 is 1.91 bits per heavy atom. The molecular weight excluding hydrogens is 132 g/mol. The summed E-state index contributed by atoms with van der Waals surface area (Å²) in [6, 6.07) is 0. The molecule has 2 unspecified atom stereocenters. The normalized spacial score (nSPS) is 15.5. The van der Waals surface area contributed by atoms with E-state index in [0.29, 0.717) is 17.8 Å². The molecule has 0 amide bonds. The summed E-state index contributed by atoms with van der Waals surface area (Å²) < 4.78 is 0. The molecule has 0 aliphatic heterocycles. The third-order valence-electron chi connectivity index (χ3n) is 2.17. The molecule has 0 saturated heterocycles. The van der Waals surface area contributed by atoms with Crippen molar-refractivity contribution in [3.63, 3.8) is 0 Å². The van der Waals surface area contributed by atoms with Gasteiger partial charge in [0.1, 0.15) is 0 Å². The molecule has 0 bridgehead atoms. The molecule has 0 heteroatoms. The smallest absolute Gasteiger partial charge is 0.0197 e. The predicted molar refractivity (Wildman–Crippen MR) is 51.2 cm³/mol. The molecule has 0 rings (SSSR count). The zero-order valence-corrected chi connectivity index (χ0v) is 8.44. The van der Waals surface area contributed by atoms with Crippen LogP contribution in [0.5, 0.6) is 0 Å². The largest absolute Gasteiger partial charge is 0.0999 e. The lowest BCUT2D eigenvalue weighted by Crippen LogP contribution is -2.00. The van der Waals surface area contributed by atoms with E-state index in [1.165, 1.54) is 0 Å². The third kappa shape index (κ3) is 4.90. The maximum absolute atomic E-state index is 3.28. The first-order chi connectivity index (χ1) is 5.07. The fourth-order valence-electron chi connectivity index (χ4n) is 0.542. The van der Waals surface area contributed by atoms with Crippen LogP contribution in [0.25, 0.3) is 0 Å². The molecule has 0 aliphatic carbocycles. The molecule has 0 heterocycles. The summed E-state index contributed by atoms with van der Waals surface area (Å²) in [5.41, 5.74) is 0. The van der Waals surface area contributed by atoms with Gasteiger partial charge in [-0.1, -0.05) is 46.5 Å². The highest BCUT2D eigenvalue weighted by Crippen LogP contribution is 2.08. The second-order valence-electron chi connectivity index (χ2n) is 3.63. The minimum absolute atomic E-state index is 0.545. The lowest BCUT2D eigenvalue weighted by atomic mass is 9.98. The highest BCUT2D eigenvalue weighted by Gasteiger charge is 2.01. The molecule has 2 atom stereocenters. The van der Waals surface area contributed by atoms with Crippen molar-refractivity contribution in [1.82, 2.24) is 0 Å². The SMILES string of the molecule is CCC(C)C#CC(C)C(C)C. The topological polar surface area (TPSA) is 0 Å². The van der Waals surface area contributed by atoms with Gasteiger partial charge in [-0.05, 0) is 12.3 Å². The molecule has 0 N–H and O–H groups in total. The van der Waals surface area contributed by atoms with E-state index in [9.17, 15) is 0 Å². The standard InChI is InChI=1S/C11H20/c1-6-10(4)7-8-11(5)9(2)3/h9-11H,6H2,1-5H3. The summed E-state index contributed by atoms with van der Waals surface area (Å²) in [5.74, 6) is 8.34. The van der Waals surface area contributed by atoms with Gasteiger partial charge < -0.3 is 0 Å². The average Bonchev–Trinajstić information content (AvgIpc) is 1.99. The van der Waals surface area contributed by atoms with Gasteiger partial charge in [0.2, 0.25) is 0 Å². The second kappa shape index (κ2) is 5.24. The van der Waals surface area contributed by atoms with E-state index in [0.717, 1.165) is 6.42 Å². The van der Waals surface area contributed by atoms with E-state index in [2.05, 4.69) is 46.5 Å². The van der Waals surface area contributed by atoms with Gasteiger partial charge in [0.25, 0.3) is 0 Å². The van der Waals surface area contributed by atoms with E-state index in [4.69, 9.17) is 0 Å². The highest BCUT2D eigenvalue weighted by molar-refractivity contribution is 5.05. The van der Waals surface area contributed by atoms with Crippen molar-refractivity contribution in [2.24, 2.45) is 17.8 Å². The fraction of sp³-hybridized carbons (Fsp3) is 0.818. The van der Waals surface area contributed by atoms with Crippen LogP contribution in [0.15, 0.2) is 0 Å². The molecule has 0 aromatic rings. The minimum atomic E-state index is 0.545. The minimum Gasteiger partial charge on any atom is -0.0999 e. The first kappa shape index (κ1) is 10.6. The number of hydrogen-bond donors (Lipinski definition) is 0. The molecule has 64 valence electrons. The summed E-state index contributed by atoms with van der Waals surface area (Å²) in [6.07, 6.45) is 1.16. The Kier molecular flexibility index (Phi) is 5.03. The summed E-state index contributed by atoms with van der Waals surface area (Å²) in [5, 5.41) is 0. The van der Waals surface area contributed by atoms with Crippen molar-refractivity contribution in [3.05, 3.63) is 0 Å². The van der Waals surface area contributed by atoms with Crippen LogP contribution in [0.2, 0.25) is 0 Å². The quantitative estimate of drug-likeness (QED) is 0.532. The van der Waals surface area contributed by atoms with Crippen LogP contribution in [-0.4, -0.2) is 0 Å². The average molecular weight is 152 g/mol. The van der Waals surface area contributed by atoms with Gasteiger partial charge in [-0.2, -0.15) is 0 Å². The highest BCUT2D eigenvalue weighted by atomic mass is 14.1. The van der Waals surface area contributed by atoms with E-state index >= 15 is 0 Å². The van der Waals surface area contributed by atoms with Gasteiger partial charge in [-0.3, -0.25) is 0 Å². The van der Waals surface area contributed by atoms with Gasteiger partial charge in [-0.25, -0.2) is 0 Å². The molecule has 0 aromatic heterocycles. The molecule has 0 spiro atoms. The van der Waals surface area contributed by atoms with Crippen molar-refractivity contribution in [1.29, 1.82) is 0 Å². The van der Waals surface area contributed by atoms with E-state index in [-0.39, 0.29) is 0 Å². The van der Waals surface area contributed by atoms with Crippen LogP contribution in [-0.2, 0) is 0 Å². The van der Waals surface area contributed by atoms with Crippen LogP contribution < -0.4 is 0 Å². The van der Waals surface area contributed by atoms with Gasteiger partial charge >= 0.3 is 0 Å². The van der Waals surface area contributed by atoms with Crippen LogP contribution in [0.4, 0.5) is 0 Å². The Hall–Kier alpha value is -0.440. The van der Waals surface area contributed by atoms with Gasteiger partial charge in [0.15, 0.2) is 0 Å². The van der Waals surface area contributed by atoms with Crippen molar-refractivity contribution in [3.8, 4) is 11.8 Å². The Balaban J connectivity index is 3.86. The Bertz CT molecular complexity index is 145. The third-order valence-corrected chi connectivity index (χ3v) is 2.17. The predicted octanol–water partition coefficient (Wildman–Crippen LogP) is 3.33. The van der Waals surface area contributed by atoms with Crippen molar-refractivity contribution in [2.75, 3.05) is 0 Å². The summed E-state index contributed by atoms with van der Waals surface area (Å²) in [7, 11) is 0. The van der Waals surface area contributed by atoms with Crippen LogP contribution >= 0.6 is 0 Å². The molecule has 0 saturated carbocycles. The van der Waals surface area contributed by atoms with Crippen molar-refractivity contribution >= 4 is 0 Å². The van der Waals surface area contributed by atoms with Crippen LogP contribution in [0, 0.1) is 29.6 Å². The Morgan fingerprint density at radius 1 is 1.00 bits per heavy atom. The van der Waals surface area contributed by atoms with Gasteiger partial charge in [0.05, 0.1) is 0 Å². The maximum Gasteiger partial charge on any atom is 0.0197 e. The Labute approximate surface area is 71.4 Å². The molecular formula is C11H20. The summed E-state index contributed by atoms with van der Waals surface area (Å²) in [4.78, 5) is 0. The molecule has 0 radical (unpaired) electrons. The van der Waals surface area contributed by atoms with E-state index in [1.54, 1.807) is 0 Å². The van der Waals surface area contributed by atoms with Gasteiger partial charge in [-0.15, -0.1) is 0 Å². The fourth-order valence-corrected chi connectivity index (χ4v) is 0.542. The molecule has 0 fully saturated rings.